The van der Waals surface area contributed by atoms with Crippen LogP contribution in [-0.2, 0) is 26.1 Å². The van der Waals surface area contributed by atoms with E-state index < -0.39 is 21.9 Å². The van der Waals surface area contributed by atoms with Gasteiger partial charge in [0.15, 0.2) is 0 Å². The van der Waals surface area contributed by atoms with Crippen LogP contribution in [0.15, 0.2) is 59.5 Å². The summed E-state index contributed by atoms with van der Waals surface area (Å²) < 4.78 is 46.2. The van der Waals surface area contributed by atoms with Crippen molar-refractivity contribution in [3.63, 3.8) is 0 Å². The lowest BCUT2D eigenvalue weighted by Gasteiger charge is -2.25. The number of sulfonamides is 1. The number of halogens is 1. The summed E-state index contributed by atoms with van der Waals surface area (Å²) in [4.78, 5) is 14.4. The average molecular weight is 404 g/mol. The van der Waals surface area contributed by atoms with Crippen LogP contribution in [0, 0.1) is 11.7 Å². The third kappa shape index (κ3) is 3.21. The molecule has 8 heteroatoms. The lowest BCUT2D eigenvalue weighted by atomic mass is 10.0. The molecule has 6 nitrogen and oxygen atoms in total. The van der Waals surface area contributed by atoms with Crippen LogP contribution < -0.4 is 0 Å². The number of methoxy groups -OCH3 is 1. The second kappa shape index (κ2) is 7.27. The molecule has 0 spiro atoms. The van der Waals surface area contributed by atoms with E-state index >= 15 is 0 Å². The number of ether oxygens (including phenoxy) is 1. The van der Waals surface area contributed by atoms with Gasteiger partial charge in [0, 0.05) is 32.7 Å². The van der Waals surface area contributed by atoms with E-state index in [9.17, 15) is 17.6 Å². The first-order chi connectivity index (χ1) is 13.4. The van der Waals surface area contributed by atoms with E-state index in [0.29, 0.717) is 6.54 Å². The highest BCUT2D eigenvalue weighted by atomic mass is 32.2. The van der Waals surface area contributed by atoms with E-state index in [1.807, 2.05) is 30.3 Å². The molecule has 2 saturated heterocycles. The molecule has 148 valence electrons. The fraction of sp³-hybridized carbons (Fsp3) is 0.350. The van der Waals surface area contributed by atoms with E-state index in [4.69, 9.17) is 4.74 Å². The fourth-order valence-corrected chi connectivity index (χ4v) is 5.66. The van der Waals surface area contributed by atoms with Gasteiger partial charge in [-0.05, 0) is 23.8 Å². The topological polar surface area (TPSA) is 66.9 Å². The maximum atomic E-state index is 13.5. The van der Waals surface area contributed by atoms with Crippen molar-refractivity contribution in [1.29, 1.82) is 0 Å². The highest BCUT2D eigenvalue weighted by Crippen LogP contribution is 2.37. The maximum absolute atomic E-state index is 13.5. The van der Waals surface area contributed by atoms with Gasteiger partial charge in [-0.25, -0.2) is 12.8 Å². The summed E-state index contributed by atoms with van der Waals surface area (Å²) >= 11 is 0. The first-order valence-electron chi connectivity index (χ1n) is 9.05. The number of rotatable bonds is 5. The minimum Gasteiger partial charge on any atom is -0.371 e. The molecule has 0 unspecified atom stereocenters. The van der Waals surface area contributed by atoms with Crippen LogP contribution in [-0.4, -0.2) is 55.9 Å². The molecule has 2 aromatic rings. The van der Waals surface area contributed by atoms with Crippen LogP contribution in [0.5, 0.6) is 0 Å². The Hall–Kier alpha value is -2.29. The van der Waals surface area contributed by atoms with Gasteiger partial charge in [0.05, 0.1) is 10.9 Å². The fourth-order valence-electron chi connectivity index (χ4n) is 4.14. The van der Waals surface area contributed by atoms with Gasteiger partial charge >= 0.3 is 0 Å². The van der Waals surface area contributed by atoms with Gasteiger partial charge in [0.1, 0.15) is 11.9 Å². The Bertz CT molecular complexity index is 983. The summed E-state index contributed by atoms with van der Waals surface area (Å²) in [6, 6.07) is 14.3. The molecule has 0 aliphatic carbocycles. The van der Waals surface area contributed by atoms with Gasteiger partial charge in [0.25, 0.3) is 5.91 Å². The molecule has 0 saturated carbocycles. The van der Waals surface area contributed by atoms with Crippen molar-refractivity contribution in [3.05, 3.63) is 66.0 Å². The van der Waals surface area contributed by atoms with Crippen LogP contribution in [0.4, 0.5) is 4.39 Å². The summed E-state index contributed by atoms with van der Waals surface area (Å²) in [5.74, 6) is -0.982. The Balaban J connectivity index is 1.61. The van der Waals surface area contributed by atoms with Crippen LogP contribution in [0.3, 0.4) is 0 Å². The minimum absolute atomic E-state index is 0.0811. The third-order valence-electron chi connectivity index (χ3n) is 5.50. The number of carbonyl (C=O) groups excluding carboxylic acids is 1. The number of amides is 1. The number of nitrogens with zero attached hydrogens (tertiary/aromatic N) is 2. The van der Waals surface area contributed by atoms with Crippen molar-refractivity contribution >= 4 is 15.9 Å². The molecule has 2 aliphatic rings. The second-order valence-electron chi connectivity index (χ2n) is 7.12. The molecule has 0 N–H and O–H groups in total. The number of benzene rings is 2. The molecule has 2 aromatic carbocycles. The zero-order valence-corrected chi connectivity index (χ0v) is 16.2. The molecule has 1 amide bonds. The number of hydrogen-bond acceptors (Lipinski definition) is 4. The Morgan fingerprint density at radius 1 is 1.11 bits per heavy atom. The van der Waals surface area contributed by atoms with Crippen molar-refractivity contribution < 1.29 is 22.3 Å². The molecule has 0 aromatic heterocycles. The van der Waals surface area contributed by atoms with Crippen LogP contribution in [0.1, 0.15) is 5.56 Å². The summed E-state index contributed by atoms with van der Waals surface area (Å²) in [5, 5.41) is 0. The largest absolute Gasteiger partial charge is 0.371 e. The van der Waals surface area contributed by atoms with Crippen molar-refractivity contribution in [2.45, 2.75) is 23.6 Å². The first kappa shape index (κ1) is 19.0. The summed E-state index contributed by atoms with van der Waals surface area (Å²) in [5.41, 5.74) is 0.970. The smallest absolute Gasteiger partial charge is 0.252 e. The quantitative estimate of drug-likeness (QED) is 0.763. The number of likely N-dealkylation sites (tertiary alicyclic amines) is 1. The summed E-state index contributed by atoms with van der Waals surface area (Å²) in [6.45, 7) is 0.732. The normalized spacial score (nSPS) is 25.3. The summed E-state index contributed by atoms with van der Waals surface area (Å²) in [6.07, 6.45) is -0.679. The van der Waals surface area contributed by atoms with E-state index in [-0.39, 0.29) is 35.9 Å². The van der Waals surface area contributed by atoms with E-state index in [2.05, 4.69) is 0 Å². The molecular formula is C20H21FN2O4S. The molecule has 2 fully saturated rings. The molecule has 2 heterocycles. The molecule has 28 heavy (non-hydrogen) atoms. The lowest BCUT2D eigenvalue weighted by Crippen LogP contribution is -2.40. The molecule has 2 aliphatic heterocycles. The van der Waals surface area contributed by atoms with Crippen molar-refractivity contribution in [1.82, 2.24) is 9.21 Å². The van der Waals surface area contributed by atoms with Gasteiger partial charge < -0.3 is 9.64 Å². The minimum atomic E-state index is -3.85. The first-order valence-corrected chi connectivity index (χ1v) is 10.5. The number of fused-ring (bicyclic) bond motifs is 1. The highest BCUT2D eigenvalue weighted by Gasteiger charge is 2.54. The Kier molecular flexibility index (Phi) is 4.95. The van der Waals surface area contributed by atoms with Gasteiger partial charge in [-0.2, -0.15) is 4.31 Å². The van der Waals surface area contributed by atoms with Crippen LogP contribution in [0.25, 0.3) is 0 Å². The highest BCUT2D eigenvalue weighted by molar-refractivity contribution is 7.89. The van der Waals surface area contributed by atoms with Gasteiger partial charge in [-0.3, -0.25) is 4.79 Å². The van der Waals surface area contributed by atoms with Gasteiger partial charge in [0.2, 0.25) is 10.0 Å². The Morgan fingerprint density at radius 3 is 2.54 bits per heavy atom. The van der Waals surface area contributed by atoms with Crippen LogP contribution in [0.2, 0.25) is 0 Å². The SMILES string of the molecule is CO[C@@H]1C(=O)N(Cc2ccccc2)[C@@H]2CN(S(=O)(=O)c3cccc(F)c3)C[C@H]12. The van der Waals surface area contributed by atoms with Gasteiger partial charge in [-0.1, -0.05) is 36.4 Å². The van der Waals surface area contributed by atoms with Crippen molar-refractivity contribution in [2.24, 2.45) is 5.92 Å². The van der Waals surface area contributed by atoms with Gasteiger partial charge in [-0.15, -0.1) is 0 Å². The predicted molar refractivity (Wildman–Crippen MR) is 100 cm³/mol. The molecule has 0 bridgehead atoms. The monoisotopic (exact) mass is 404 g/mol. The third-order valence-corrected chi connectivity index (χ3v) is 7.33. The average Bonchev–Trinajstić information content (AvgIpc) is 3.22. The Labute approximate surface area is 163 Å². The standard InChI is InChI=1S/C20H21FN2O4S/c1-27-19-17-12-22(28(25,26)16-9-5-8-15(21)10-16)13-18(17)23(20(19)24)11-14-6-3-2-4-7-14/h2-10,17-19H,11-13H2,1H3/t17-,18+,19-/m0/s1. The summed E-state index contributed by atoms with van der Waals surface area (Å²) in [7, 11) is -2.38. The van der Waals surface area contributed by atoms with Crippen LogP contribution >= 0.6 is 0 Å². The zero-order valence-electron chi connectivity index (χ0n) is 15.4. The van der Waals surface area contributed by atoms with E-state index in [1.165, 1.54) is 29.6 Å². The second-order valence-corrected chi connectivity index (χ2v) is 9.06. The Morgan fingerprint density at radius 2 is 1.86 bits per heavy atom. The molecular weight excluding hydrogens is 383 g/mol. The molecule has 3 atom stereocenters. The molecule has 4 rings (SSSR count). The number of hydrogen-bond donors (Lipinski definition) is 0. The van der Waals surface area contributed by atoms with Crippen molar-refractivity contribution in [3.8, 4) is 0 Å². The molecule has 0 radical (unpaired) electrons. The van der Waals surface area contributed by atoms with Crippen molar-refractivity contribution in [2.75, 3.05) is 20.2 Å². The zero-order chi connectivity index (χ0) is 19.9. The van der Waals surface area contributed by atoms with E-state index in [0.717, 1.165) is 11.6 Å². The number of carbonyl (C=O) groups is 1. The lowest BCUT2D eigenvalue weighted by molar-refractivity contribution is -0.138. The predicted octanol–water partition coefficient (Wildman–Crippen LogP) is 1.87. The maximum Gasteiger partial charge on any atom is 0.252 e. The van der Waals surface area contributed by atoms with E-state index in [1.54, 1.807) is 4.90 Å².